The summed E-state index contributed by atoms with van der Waals surface area (Å²) in [5.41, 5.74) is 0. The van der Waals surface area contributed by atoms with E-state index in [4.69, 9.17) is 4.74 Å². The van der Waals surface area contributed by atoms with Crippen LogP contribution in [0.3, 0.4) is 0 Å². The molecule has 0 aliphatic carbocycles. The zero-order chi connectivity index (χ0) is 13.9. The van der Waals surface area contributed by atoms with E-state index in [9.17, 15) is 0 Å². The zero-order valence-corrected chi connectivity index (χ0v) is 13.4. The van der Waals surface area contributed by atoms with Gasteiger partial charge in [-0.2, -0.15) is 0 Å². The number of hydrogen-bond acceptors (Lipinski definition) is 6. The molecular weight excluding hydrogens is 290 g/mol. The first kappa shape index (κ1) is 14.1. The van der Waals surface area contributed by atoms with Gasteiger partial charge in [0.1, 0.15) is 9.86 Å². The first-order valence-electron chi connectivity index (χ1n) is 7.02. The third-order valence-corrected chi connectivity index (χ3v) is 5.31. The highest BCUT2D eigenvalue weighted by Crippen LogP contribution is 2.33. The molecular formula is C14H19N3OS2. The van der Waals surface area contributed by atoms with Crippen LogP contribution in [0, 0.1) is 6.92 Å². The minimum Gasteiger partial charge on any atom is -0.377 e. The first-order chi connectivity index (χ1) is 9.76. The van der Waals surface area contributed by atoms with Crippen molar-refractivity contribution in [1.29, 1.82) is 0 Å². The van der Waals surface area contributed by atoms with Crippen molar-refractivity contribution in [3.05, 3.63) is 10.9 Å². The van der Waals surface area contributed by atoms with Crippen molar-refractivity contribution in [3.8, 4) is 0 Å². The fraction of sp³-hybridized carbons (Fsp3) is 0.571. The van der Waals surface area contributed by atoms with Gasteiger partial charge >= 0.3 is 0 Å². The molecule has 2 aromatic rings. The Morgan fingerprint density at radius 3 is 3.15 bits per heavy atom. The summed E-state index contributed by atoms with van der Waals surface area (Å²) in [5.74, 6) is 1.71. The van der Waals surface area contributed by atoms with Crippen LogP contribution in [0.5, 0.6) is 0 Å². The number of anilines is 1. The van der Waals surface area contributed by atoms with Crippen LogP contribution in [0.15, 0.2) is 11.1 Å². The van der Waals surface area contributed by atoms with Crippen LogP contribution >= 0.6 is 23.1 Å². The smallest absolute Gasteiger partial charge is 0.225 e. The van der Waals surface area contributed by atoms with E-state index in [-0.39, 0.29) is 0 Å². The molecule has 1 fully saturated rings. The standard InChI is InChI=1S/C14H19N3OS2/c1-3-15-14-16-12(19-8-10-5-4-6-18-10)11-7-9(2)20-13(11)17-14/h7,10H,3-6,8H2,1-2H3,(H,15,16,17). The van der Waals surface area contributed by atoms with Crippen LogP contribution < -0.4 is 5.32 Å². The molecule has 0 amide bonds. The van der Waals surface area contributed by atoms with Crippen molar-refractivity contribution in [1.82, 2.24) is 9.97 Å². The SMILES string of the molecule is CCNc1nc(SCC2CCCO2)c2cc(C)sc2n1. The number of nitrogens with one attached hydrogen (secondary N) is 1. The van der Waals surface area contributed by atoms with Crippen LogP contribution in [0.4, 0.5) is 5.95 Å². The maximum atomic E-state index is 5.69. The van der Waals surface area contributed by atoms with E-state index < -0.39 is 0 Å². The highest BCUT2D eigenvalue weighted by molar-refractivity contribution is 7.99. The molecule has 1 unspecified atom stereocenters. The van der Waals surface area contributed by atoms with Gasteiger partial charge in [0, 0.05) is 29.2 Å². The van der Waals surface area contributed by atoms with Gasteiger partial charge in [0.25, 0.3) is 0 Å². The number of ether oxygens (including phenoxy) is 1. The first-order valence-corrected chi connectivity index (χ1v) is 8.83. The lowest BCUT2D eigenvalue weighted by molar-refractivity contribution is 0.129. The van der Waals surface area contributed by atoms with E-state index in [1.165, 1.54) is 23.1 Å². The number of rotatable bonds is 5. The molecule has 3 rings (SSSR count). The number of hydrogen-bond donors (Lipinski definition) is 1. The molecule has 1 N–H and O–H groups in total. The van der Waals surface area contributed by atoms with E-state index in [0.29, 0.717) is 6.10 Å². The highest BCUT2D eigenvalue weighted by Gasteiger charge is 2.18. The molecule has 108 valence electrons. The van der Waals surface area contributed by atoms with Gasteiger partial charge in [-0.05, 0) is 32.8 Å². The van der Waals surface area contributed by atoms with Crippen molar-refractivity contribution in [2.24, 2.45) is 0 Å². The summed E-state index contributed by atoms with van der Waals surface area (Å²) in [7, 11) is 0. The lowest BCUT2D eigenvalue weighted by Gasteiger charge is -2.10. The monoisotopic (exact) mass is 309 g/mol. The van der Waals surface area contributed by atoms with Gasteiger partial charge in [-0.25, -0.2) is 9.97 Å². The molecule has 1 saturated heterocycles. The molecule has 0 bridgehead atoms. The number of nitrogens with zero attached hydrogens (tertiary/aromatic N) is 2. The molecule has 1 atom stereocenters. The van der Waals surface area contributed by atoms with Crippen molar-refractivity contribution in [2.75, 3.05) is 24.2 Å². The molecule has 0 saturated carbocycles. The summed E-state index contributed by atoms with van der Waals surface area (Å²) in [6.45, 7) is 5.93. The van der Waals surface area contributed by atoms with Crippen molar-refractivity contribution >= 4 is 39.3 Å². The third-order valence-electron chi connectivity index (χ3n) is 3.25. The number of aryl methyl sites for hydroxylation is 1. The van der Waals surface area contributed by atoms with Gasteiger partial charge in [0.05, 0.1) is 6.10 Å². The Kier molecular flexibility index (Phi) is 4.43. The molecule has 20 heavy (non-hydrogen) atoms. The Morgan fingerprint density at radius 1 is 1.50 bits per heavy atom. The van der Waals surface area contributed by atoms with Crippen LogP contribution in [-0.4, -0.2) is 35.0 Å². The second-order valence-electron chi connectivity index (χ2n) is 4.90. The topological polar surface area (TPSA) is 47.0 Å². The Balaban J connectivity index is 1.85. The summed E-state index contributed by atoms with van der Waals surface area (Å²) in [5, 5.41) is 5.47. The summed E-state index contributed by atoms with van der Waals surface area (Å²) in [6, 6.07) is 2.19. The molecule has 1 aliphatic heterocycles. The van der Waals surface area contributed by atoms with E-state index in [0.717, 1.165) is 34.7 Å². The summed E-state index contributed by atoms with van der Waals surface area (Å²) >= 11 is 3.52. The molecule has 1 aliphatic rings. The second-order valence-corrected chi connectivity index (χ2v) is 7.15. The predicted molar refractivity (Wildman–Crippen MR) is 86.0 cm³/mol. The molecule has 4 nitrogen and oxygen atoms in total. The third kappa shape index (κ3) is 3.07. The van der Waals surface area contributed by atoms with Crippen molar-refractivity contribution in [3.63, 3.8) is 0 Å². The lowest BCUT2D eigenvalue weighted by atomic mass is 10.3. The number of thiophene rings is 1. The summed E-state index contributed by atoms with van der Waals surface area (Å²) in [6.07, 6.45) is 2.74. The number of aromatic nitrogens is 2. The van der Waals surface area contributed by atoms with E-state index in [1.54, 1.807) is 23.1 Å². The van der Waals surface area contributed by atoms with Gasteiger partial charge in [-0.15, -0.1) is 23.1 Å². The largest absolute Gasteiger partial charge is 0.377 e. The predicted octanol–water partition coefficient (Wildman–Crippen LogP) is 3.70. The average molecular weight is 309 g/mol. The van der Waals surface area contributed by atoms with E-state index in [1.807, 2.05) is 0 Å². The van der Waals surface area contributed by atoms with E-state index >= 15 is 0 Å². The molecule has 0 spiro atoms. The second kappa shape index (κ2) is 6.28. The van der Waals surface area contributed by atoms with E-state index in [2.05, 4.69) is 35.2 Å². The van der Waals surface area contributed by atoms with Gasteiger partial charge in [0.15, 0.2) is 0 Å². The average Bonchev–Trinajstić information content (AvgIpc) is 3.04. The normalized spacial score (nSPS) is 18.8. The quantitative estimate of drug-likeness (QED) is 0.674. The molecule has 3 heterocycles. The summed E-state index contributed by atoms with van der Waals surface area (Å²) < 4.78 is 5.69. The highest BCUT2D eigenvalue weighted by atomic mass is 32.2. The van der Waals surface area contributed by atoms with Crippen LogP contribution in [0.25, 0.3) is 10.2 Å². The number of thioether (sulfide) groups is 1. The van der Waals surface area contributed by atoms with Crippen LogP contribution in [0.2, 0.25) is 0 Å². The van der Waals surface area contributed by atoms with Gasteiger partial charge in [-0.3, -0.25) is 0 Å². The molecule has 6 heteroatoms. The Morgan fingerprint density at radius 2 is 2.40 bits per heavy atom. The summed E-state index contributed by atoms with van der Waals surface area (Å²) in [4.78, 5) is 11.6. The zero-order valence-electron chi connectivity index (χ0n) is 11.8. The van der Waals surface area contributed by atoms with Gasteiger partial charge in [-0.1, -0.05) is 0 Å². The molecule has 2 aromatic heterocycles. The van der Waals surface area contributed by atoms with Gasteiger partial charge in [0.2, 0.25) is 5.95 Å². The molecule has 0 radical (unpaired) electrons. The minimum atomic E-state index is 0.382. The lowest BCUT2D eigenvalue weighted by Crippen LogP contribution is -2.08. The van der Waals surface area contributed by atoms with Gasteiger partial charge < -0.3 is 10.1 Å². The Bertz CT molecular complexity index is 593. The fourth-order valence-electron chi connectivity index (χ4n) is 2.31. The Labute approximate surface area is 127 Å². The maximum Gasteiger partial charge on any atom is 0.225 e. The van der Waals surface area contributed by atoms with Crippen molar-refractivity contribution in [2.45, 2.75) is 37.8 Å². The van der Waals surface area contributed by atoms with Crippen LogP contribution in [-0.2, 0) is 4.74 Å². The minimum absolute atomic E-state index is 0.382. The molecule has 0 aromatic carbocycles. The maximum absolute atomic E-state index is 5.69. The fourth-order valence-corrected chi connectivity index (χ4v) is 4.32. The van der Waals surface area contributed by atoms with Crippen LogP contribution in [0.1, 0.15) is 24.6 Å². The Hall–Kier alpha value is -0.850. The number of fused-ring (bicyclic) bond motifs is 1. The van der Waals surface area contributed by atoms with Crippen molar-refractivity contribution < 1.29 is 4.74 Å².